The molecule has 0 aliphatic rings. The van der Waals surface area contributed by atoms with Crippen LogP contribution in [0.3, 0.4) is 0 Å². The van der Waals surface area contributed by atoms with Gasteiger partial charge < -0.3 is 10.1 Å². The molecule has 0 aliphatic carbocycles. The quantitative estimate of drug-likeness (QED) is 0.507. The number of ether oxygens (including phenoxy) is 1. The Hall–Kier alpha value is -2.77. The van der Waals surface area contributed by atoms with Crippen molar-refractivity contribution < 1.29 is 17.9 Å². The van der Waals surface area contributed by atoms with E-state index in [2.05, 4.69) is 5.32 Å². The number of carbonyl (C=O) groups excluding carboxylic acids is 1. The van der Waals surface area contributed by atoms with Gasteiger partial charge in [0.2, 0.25) is 0 Å². The number of amides is 1. The summed E-state index contributed by atoms with van der Waals surface area (Å²) < 4.78 is 30.1. The van der Waals surface area contributed by atoms with Crippen molar-refractivity contribution in [2.24, 2.45) is 0 Å². The average molecular weight is 442 g/mol. The van der Waals surface area contributed by atoms with Gasteiger partial charge in [0.25, 0.3) is 5.91 Å². The van der Waals surface area contributed by atoms with Crippen LogP contribution in [0.25, 0.3) is 0 Å². The molecule has 0 radical (unpaired) electrons. The maximum Gasteiger partial charge on any atom is 0.255 e. The van der Waals surface area contributed by atoms with E-state index in [1.807, 2.05) is 37.3 Å². The Bertz CT molecular complexity index is 1130. The van der Waals surface area contributed by atoms with E-state index in [1.54, 1.807) is 42.5 Å². The fourth-order valence-electron chi connectivity index (χ4n) is 2.82. The standard InChI is InChI=1S/C23H23NO4S2/c1-17-5-3-7-19(15-17)24-23(25)18-6-4-8-21(16-18)29-13-14-30(26,27)22-11-9-20(28-2)10-12-22/h3-12,15-16H,13-14H2,1-2H3,(H,24,25). The zero-order chi connectivity index (χ0) is 21.6. The molecule has 0 heterocycles. The molecule has 156 valence electrons. The first kappa shape index (κ1) is 21.9. The Kier molecular flexibility index (Phi) is 7.18. The van der Waals surface area contributed by atoms with Gasteiger partial charge in [-0.15, -0.1) is 11.8 Å². The van der Waals surface area contributed by atoms with Crippen LogP contribution >= 0.6 is 11.8 Å². The molecule has 1 N–H and O–H groups in total. The second kappa shape index (κ2) is 9.82. The SMILES string of the molecule is COc1ccc(S(=O)(=O)CCSc2cccc(C(=O)Nc3cccc(C)c3)c2)cc1. The van der Waals surface area contributed by atoms with Crippen LogP contribution in [0.1, 0.15) is 15.9 Å². The van der Waals surface area contributed by atoms with E-state index in [1.165, 1.54) is 18.9 Å². The molecular formula is C23H23NO4S2. The molecule has 3 aromatic rings. The van der Waals surface area contributed by atoms with Gasteiger partial charge in [0.15, 0.2) is 9.84 Å². The first-order valence-corrected chi connectivity index (χ1v) is 12.0. The molecule has 3 aromatic carbocycles. The molecule has 0 spiro atoms. The van der Waals surface area contributed by atoms with E-state index < -0.39 is 9.84 Å². The highest BCUT2D eigenvalue weighted by Gasteiger charge is 2.15. The summed E-state index contributed by atoms with van der Waals surface area (Å²) in [6.07, 6.45) is 0. The number of nitrogens with one attached hydrogen (secondary N) is 1. The average Bonchev–Trinajstić information content (AvgIpc) is 2.74. The molecule has 0 aliphatic heterocycles. The van der Waals surface area contributed by atoms with Gasteiger partial charge in [-0.3, -0.25) is 4.79 Å². The minimum Gasteiger partial charge on any atom is -0.497 e. The summed E-state index contributed by atoms with van der Waals surface area (Å²) >= 11 is 1.41. The van der Waals surface area contributed by atoms with Gasteiger partial charge in [0.1, 0.15) is 5.75 Å². The van der Waals surface area contributed by atoms with E-state index in [9.17, 15) is 13.2 Å². The summed E-state index contributed by atoms with van der Waals surface area (Å²) in [6.45, 7) is 1.97. The molecular weight excluding hydrogens is 418 g/mol. The second-order valence-electron chi connectivity index (χ2n) is 6.69. The lowest BCUT2D eigenvalue weighted by Gasteiger charge is -2.08. The molecule has 30 heavy (non-hydrogen) atoms. The first-order valence-electron chi connectivity index (χ1n) is 9.35. The van der Waals surface area contributed by atoms with Crippen LogP contribution in [0, 0.1) is 6.92 Å². The zero-order valence-electron chi connectivity index (χ0n) is 16.8. The number of thioether (sulfide) groups is 1. The number of benzene rings is 3. The number of carbonyl (C=O) groups is 1. The third kappa shape index (κ3) is 5.87. The van der Waals surface area contributed by atoms with E-state index >= 15 is 0 Å². The normalized spacial score (nSPS) is 11.1. The van der Waals surface area contributed by atoms with E-state index in [-0.39, 0.29) is 16.6 Å². The van der Waals surface area contributed by atoms with Crippen LogP contribution in [0.4, 0.5) is 5.69 Å². The van der Waals surface area contributed by atoms with Gasteiger partial charge >= 0.3 is 0 Å². The molecule has 0 saturated heterocycles. The van der Waals surface area contributed by atoms with Crippen molar-refractivity contribution in [1.29, 1.82) is 0 Å². The fraction of sp³-hybridized carbons (Fsp3) is 0.174. The van der Waals surface area contributed by atoms with Crippen molar-refractivity contribution in [3.8, 4) is 5.75 Å². The van der Waals surface area contributed by atoms with E-state index in [0.29, 0.717) is 17.1 Å². The molecule has 0 saturated carbocycles. The number of sulfone groups is 1. The summed E-state index contributed by atoms with van der Waals surface area (Å²) in [6, 6.07) is 21.1. The number of aryl methyl sites for hydroxylation is 1. The molecule has 0 aromatic heterocycles. The largest absolute Gasteiger partial charge is 0.497 e. The molecule has 0 fully saturated rings. The lowest BCUT2D eigenvalue weighted by atomic mass is 10.2. The number of hydrogen-bond acceptors (Lipinski definition) is 5. The molecule has 1 amide bonds. The van der Waals surface area contributed by atoms with Crippen LogP contribution in [0.2, 0.25) is 0 Å². The Morgan fingerprint density at radius 1 is 1.00 bits per heavy atom. The summed E-state index contributed by atoms with van der Waals surface area (Å²) in [7, 11) is -1.85. The summed E-state index contributed by atoms with van der Waals surface area (Å²) in [5.41, 5.74) is 2.33. The summed E-state index contributed by atoms with van der Waals surface area (Å²) in [5.74, 6) is 0.805. The zero-order valence-corrected chi connectivity index (χ0v) is 18.4. The maximum absolute atomic E-state index is 12.5. The predicted molar refractivity (Wildman–Crippen MR) is 121 cm³/mol. The molecule has 7 heteroatoms. The highest BCUT2D eigenvalue weighted by molar-refractivity contribution is 8.00. The minimum absolute atomic E-state index is 0.00368. The summed E-state index contributed by atoms with van der Waals surface area (Å²) in [4.78, 5) is 13.6. The minimum atomic E-state index is -3.38. The van der Waals surface area contributed by atoms with Crippen LogP contribution in [-0.2, 0) is 9.84 Å². The van der Waals surface area contributed by atoms with Gasteiger partial charge in [-0.1, -0.05) is 18.2 Å². The van der Waals surface area contributed by atoms with Crippen molar-refractivity contribution >= 4 is 33.2 Å². The van der Waals surface area contributed by atoms with Crippen molar-refractivity contribution in [3.63, 3.8) is 0 Å². The second-order valence-corrected chi connectivity index (χ2v) is 9.97. The molecule has 0 unspecified atom stereocenters. The fourth-order valence-corrected chi connectivity index (χ4v) is 5.44. The van der Waals surface area contributed by atoms with E-state index in [4.69, 9.17) is 4.74 Å². The Balaban J connectivity index is 1.60. The monoisotopic (exact) mass is 441 g/mol. The van der Waals surface area contributed by atoms with E-state index in [0.717, 1.165) is 16.1 Å². The maximum atomic E-state index is 12.5. The van der Waals surface area contributed by atoms with Gasteiger partial charge in [-0.2, -0.15) is 0 Å². The lowest BCUT2D eigenvalue weighted by molar-refractivity contribution is 0.102. The number of anilines is 1. The first-order chi connectivity index (χ1) is 14.4. The highest BCUT2D eigenvalue weighted by Crippen LogP contribution is 2.23. The van der Waals surface area contributed by atoms with Gasteiger partial charge in [-0.05, 0) is 67.1 Å². The molecule has 0 bridgehead atoms. The Morgan fingerprint density at radius 3 is 2.43 bits per heavy atom. The van der Waals surface area contributed by atoms with Crippen LogP contribution < -0.4 is 10.1 Å². The van der Waals surface area contributed by atoms with Crippen molar-refractivity contribution in [2.45, 2.75) is 16.7 Å². The van der Waals surface area contributed by atoms with Gasteiger partial charge in [0, 0.05) is 21.9 Å². The highest BCUT2D eigenvalue weighted by atomic mass is 32.2. The smallest absolute Gasteiger partial charge is 0.255 e. The molecule has 3 rings (SSSR count). The molecule has 0 atom stereocenters. The van der Waals surface area contributed by atoms with Crippen LogP contribution in [0.15, 0.2) is 82.6 Å². The van der Waals surface area contributed by atoms with Crippen molar-refractivity contribution in [1.82, 2.24) is 0 Å². The van der Waals surface area contributed by atoms with Gasteiger partial charge in [-0.25, -0.2) is 8.42 Å². The molecule has 5 nitrogen and oxygen atoms in total. The van der Waals surface area contributed by atoms with Crippen LogP contribution in [0.5, 0.6) is 5.75 Å². The predicted octanol–water partition coefficient (Wildman–Crippen LogP) is 4.82. The third-order valence-corrected chi connectivity index (χ3v) is 7.40. The number of rotatable bonds is 8. The topological polar surface area (TPSA) is 72.5 Å². The Morgan fingerprint density at radius 2 is 1.73 bits per heavy atom. The Labute approximate surface area is 181 Å². The summed E-state index contributed by atoms with van der Waals surface area (Å²) in [5, 5.41) is 2.88. The van der Waals surface area contributed by atoms with Crippen molar-refractivity contribution in [3.05, 3.63) is 83.9 Å². The third-order valence-electron chi connectivity index (χ3n) is 4.41. The lowest BCUT2D eigenvalue weighted by Crippen LogP contribution is -2.12. The van der Waals surface area contributed by atoms with Crippen LogP contribution in [-0.4, -0.2) is 32.9 Å². The number of hydrogen-bond donors (Lipinski definition) is 1. The van der Waals surface area contributed by atoms with Crippen molar-refractivity contribution in [2.75, 3.05) is 23.9 Å². The number of methoxy groups -OCH3 is 1. The van der Waals surface area contributed by atoms with Gasteiger partial charge in [0.05, 0.1) is 17.8 Å².